The molecule has 51 heavy (non-hydrogen) atoms. The van der Waals surface area contributed by atoms with Gasteiger partial charge in [-0.15, -0.1) is 0 Å². The van der Waals surface area contributed by atoms with Gasteiger partial charge in [0.05, 0.1) is 17.3 Å². The number of amides is 1. The molecule has 0 radical (unpaired) electrons. The van der Waals surface area contributed by atoms with E-state index in [0.29, 0.717) is 63.6 Å². The van der Waals surface area contributed by atoms with E-state index in [0.717, 1.165) is 65.2 Å². The third-order valence-electron chi connectivity index (χ3n) is 9.68. The average Bonchev–Trinajstić information content (AvgIpc) is 3.70. The highest BCUT2D eigenvalue weighted by molar-refractivity contribution is 7.59. The molecular formula is C37H52ClFN8O2S2. The number of nitrogens with zero attached hydrogens (tertiary/aromatic N) is 7. The topological polar surface area (TPSA) is 95.4 Å². The fraction of sp³-hybridized carbons (Fsp3) is 0.514. The lowest BCUT2D eigenvalue weighted by Crippen LogP contribution is -2.39. The van der Waals surface area contributed by atoms with Crippen molar-refractivity contribution in [1.82, 2.24) is 24.7 Å². The van der Waals surface area contributed by atoms with Crippen LogP contribution in [0.3, 0.4) is 0 Å². The minimum Gasteiger partial charge on any atom is -0.462 e. The van der Waals surface area contributed by atoms with Gasteiger partial charge in [0.2, 0.25) is 12.5 Å². The molecule has 2 N–H and O–H groups in total. The lowest BCUT2D eigenvalue weighted by atomic mass is 10.0. The quantitative estimate of drug-likeness (QED) is 0.203. The first-order chi connectivity index (χ1) is 23.7. The second-order valence-corrected chi connectivity index (χ2v) is 13.5. The van der Waals surface area contributed by atoms with Crippen molar-refractivity contribution >= 4 is 66.8 Å². The molecule has 14 heteroatoms. The minimum atomic E-state index is -0.727. The van der Waals surface area contributed by atoms with Crippen LogP contribution in [0.1, 0.15) is 44.4 Å². The monoisotopic (exact) mass is 758 g/mol. The highest BCUT2D eigenvalue weighted by atomic mass is 35.5. The molecule has 3 atom stereocenters. The van der Waals surface area contributed by atoms with E-state index in [2.05, 4.69) is 50.9 Å². The standard InChI is InChI=1S/C23H26ClN5O.C14H22FN3O.2H2S/c1-28-11-4-7-16(28)14-30-23-26-19-13-29(12-10-17(19)22(25)27-23)20-9-3-6-15-5-2-8-18(24)21(15)20;1-4-18(12(2)10-16-3)14(19)6-5-8-17-9-7-13(15)11-17;;/h2-3,5-6,8-9,16H,4,7,10-14H2,1H3,(H2,25,26,27);5-6,12-13H,4,7-11H2,1-2H3;2*1H2/b;6-5+;;/t16-;12-,13?;;/m01../s1. The van der Waals surface area contributed by atoms with E-state index in [1.54, 1.807) is 11.0 Å². The summed E-state index contributed by atoms with van der Waals surface area (Å²) in [5, 5.41) is 2.98. The zero-order valence-electron chi connectivity index (χ0n) is 29.8. The largest absolute Gasteiger partial charge is 0.462 e. The van der Waals surface area contributed by atoms with Crippen molar-refractivity contribution in [2.24, 2.45) is 0 Å². The van der Waals surface area contributed by atoms with Crippen LogP contribution >= 0.6 is 38.6 Å². The molecule has 1 amide bonds. The summed E-state index contributed by atoms with van der Waals surface area (Å²) >= 11 is 6.55. The lowest BCUT2D eigenvalue weighted by molar-refractivity contribution is -0.127. The number of nitrogens with two attached hydrogens (primary N) is 1. The molecule has 0 spiro atoms. The number of likely N-dealkylation sites (N-methyl/N-ethyl adjacent to an activating group) is 2. The van der Waals surface area contributed by atoms with Crippen molar-refractivity contribution in [3.63, 3.8) is 0 Å². The number of nitrogen functional groups attached to an aromatic ring is 1. The van der Waals surface area contributed by atoms with Gasteiger partial charge in [-0.1, -0.05) is 41.9 Å². The molecule has 10 nitrogen and oxygen atoms in total. The van der Waals surface area contributed by atoms with E-state index in [9.17, 15) is 9.18 Å². The van der Waals surface area contributed by atoms with E-state index in [1.165, 1.54) is 12.5 Å². The Balaban J connectivity index is 0.000000293. The molecule has 3 aliphatic rings. The first-order valence-corrected chi connectivity index (χ1v) is 17.6. The Bertz CT molecular complexity index is 1670. The number of hydrogen-bond acceptors (Lipinski definition) is 8. The Morgan fingerprint density at radius 2 is 1.96 bits per heavy atom. The Kier molecular flexibility index (Phi) is 16.6. The van der Waals surface area contributed by atoms with Crippen LogP contribution < -0.4 is 15.4 Å². The van der Waals surface area contributed by atoms with Gasteiger partial charge in [0.1, 0.15) is 24.6 Å². The average molecular weight is 759 g/mol. The molecule has 6 rings (SSSR count). The van der Waals surface area contributed by atoms with Gasteiger partial charge in [0, 0.05) is 61.5 Å². The van der Waals surface area contributed by atoms with Crippen molar-refractivity contribution in [1.29, 1.82) is 0 Å². The van der Waals surface area contributed by atoms with Gasteiger partial charge in [-0.3, -0.25) is 9.69 Å². The molecule has 4 heterocycles. The predicted octanol–water partition coefficient (Wildman–Crippen LogP) is 5.87. The Morgan fingerprint density at radius 3 is 2.63 bits per heavy atom. The van der Waals surface area contributed by atoms with E-state index in [4.69, 9.17) is 33.6 Å². The second kappa shape index (κ2) is 20.1. The zero-order valence-corrected chi connectivity index (χ0v) is 32.6. The fourth-order valence-electron chi connectivity index (χ4n) is 6.87. The summed E-state index contributed by atoms with van der Waals surface area (Å²) in [7, 11) is 2.14. The predicted molar refractivity (Wildman–Crippen MR) is 215 cm³/mol. The number of likely N-dealkylation sites (tertiary alicyclic amines) is 2. The molecular weight excluding hydrogens is 707 g/mol. The maximum absolute atomic E-state index is 13.0. The van der Waals surface area contributed by atoms with Crippen molar-refractivity contribution in [2.75, 3.05) is 70.1 Å². The molecule has 2 fully saturated rings. The van der Waals surface area contributed by atoms with Gasteiger partial charge in [0.25, 0.3) is 0 Å². The maximum Gasteiger partial charge on any atom is 0.318 e. The number of fused-ring (bicyclic) bond motifs is 2. The third kappa shape index (κ3) is 10.9. The van der Waals surface area contributed by atoms with Gasteiger partial charge >= 0.3 is 6.01 Å². The van der Waals surface area contributed by atoms with Gasteiger partial charge in [0.15, 0.2) is 0 Å². The van der Waals surface area contributed by atoms with Crippen molar-refractivity contribution in [3.05, 3.63) is 76.2 Å². The number of carbonyl (C=O) groups excluding carboxylic acids is 1. The summed E-state index contributed by atoms with van der Waals surface area (Å²) in [5.41, 5.74) is 9.36. The fourth-order valence-corrected chi connectivity index (χ4v) is 7.15. The molecule has 3 aromatic rings. The third-order valence-corrected chi connectivity index (χ3v) is 9.99. The van der Waals surface area contributed by atoms with Gasteiger partial charge < -0.3 is 30.0 Å². The highest BCUT2D eigenvalue weighted by Crippen LogP contribution is 2.36. The second-order valence-electron chi connectivity index (χ2n) is 13.1. The number of alkyl halides is 1. The number of halogens is 2. The number of carbonyl (C=O) groups is 1. The zero-order chi connectivity index (χ0) is 34.9. The van der Waals surface area contributed by atoms with E-state index >= 15 is 0 Å². The summed E-state index contributed by atoms with van der Waals surface area (Å²) < 4.78 is 18.9. The summed E-state index contributed by atoms with van der Waals surface area (Å²) in [6.07, 6.45) is 6.34. The minimum absolute atomic E-state index is 0. The number of aromatic nitrogens is 2. The molecule has 0 aliphatic carbocycles. The first kappa shape index (κ1) is 42.1. The SMILES string of the molecule is CN1CCC[C@H]1COc1nc(N)c2c(n1)CN(c1cccc3cccc(Cl)c13)CC2.S.S.[C-]#[N+]C[C@@H](C)N(CC)C(=O)/C=C/CN1CCC(F)C1. The highest BCUT2D eigenvalue weighted by Gasteiger charge is 2.26. The van der Waals surface area contributed by atoms with Crippen LogP contribution in [0, 0.1) is 6.57 Å². The Hall–Kier alpha value is -3.28. The number of hydrogen-bond donors (Lipinski definition) is 1. The number of anilines is 2. The van der Waals surface area contributed by atoms with Crippen LogP contribution in [0.15, 0.2) is 48.6 Å². The molecule has 1 aromatic heterocycles. The Labute approximate surface area is 320 Å². The van der Waals surface area contributed by atoms with Crippen LogP contribution in [0.25, 0.3) is 15.6 Å². The normalized spacial score (nSPS) is 19.3. The molecule has 0 saturated carbocycles. The van der Waals surface area contributed by atoms with Gasteiger partial charge in [-0.05, 0) is 70.6 Å². The van der Waals surface area contributed by atoms with Crippen molar-refractivity contribution in [2.45, 2.75) is 64.3 Å². The van der Waals surface area contributed by atoms with Crippen LogP contribution in [-0.4, -0.2) is 108 Å². The van der Waals surface area contributed by atoms with Crippen molar-refractivity contribution in [3.8, 4) is 6.01 Å². The molecule has 0 bridgehead atoms. The molecule has 3 aliphatic heterocycles. The van der Waals surface area contributed by atoms with Crippen molar-refractivity contribution < 1.29 is 13.9 Å². The lowest BCUT2D eigenvalue weighted by Gasteiger charge is -2.31. The van der Waals surface area contributed by atoms with E-state index in [-0.39, 0.29) is 38.9 Å². The smallest absolute Gasteiger partial charge is 0.318 e. The molecule has 2 aromatic carbocycles. The number of benzene rings is 2. The first-order valence-electron chi connectivity index (χ1n) is 17.3. The molecule has 2 saturated heterocycles. The molecule has 278 valence electrons. The van der Waals surface area contributed by atoms with Crippen LogP contribution in [0.5, 0.6) is 6.01 Å². The Morgan fingerprint density at radius 1 is 1.20 bits per heavy atom. The van der Waals surface area contributed by atoms with E-state index < -0.39 is 6.17 Å². The summed E-state index contributed by atoms with van der Waals surface area (Å²) in [5.74, 6) is 0.458. The molecule has 1 unspecified atom stereocenters. The maximum atomic E-state index is 13.0. The summed E-state index contributed by atoms with van der Waals surface area (Å²) in [6.45, 7) is 16.6. The number of ether oxygens (including phenoxy) is 1. The summed E-state index contributed by atoms with van der Waals surface area (Å²) in [6, 6.07) is 13.0. The number of rotatable bonds is 10. The van der Waals surface area contributed by atoms with Crippen LogP contribution in [0.2, 0.25) is 5.02 Å². The van der Waals surface area contributed by atoms with Gasteiger partial charge in [-0.25, -0.2) is 11.0 Å². The van der Waals surface area contributed by atoms with E-state index in [1.807, 2.05) is 30.9 Å². The van der Waals surface area contributed by atoms with Crippen LogP contribution in [-0.2, 0) is 17.8 Å². The van der Waals surface area contributed by atoms with Gasteiger partial charge in [-0.2, -0.15) is 37.0 Å². The van der Waals surface area contributed by atoms with Crippen LogP contribution in [0.4, 0.5) is 15.9 Å². The summed E-state index contributed by atoms with van der Waals surface area (Å²) in [4.78, 5) is 32.8.